The lowest BCUT2D eigenvalue weighted by Crippen LogP contribution is -2.18. The van der Waals surface area contributed by atoms with Crippen molar-refractivity contribution in [3.8, 4) is 0 Å². The van der Waals surface area contributed by atoms with Gasteiger partial charge in [0.2, 0.25) is 0 Å². The van der Waals surface area contributed by atoms with Crippen LogP contribution in [0.25, 0.3) is 0 Å². The number of nitrogens with zero attached hydrogens (tertiary/aromatic N) is 2. The average Bonchev–Trinajstić information content (AvgIpc) is 2.62. The maximum absolute atomic E-state index is 5.08. The van der Waals surface area contributed by atoms with Gasteiger partial charge >= 0.3 is 0 Å². The molecule has 18 heavy (non-hydrogen) atoms. The van der Waals surface area contributed by atoms with E-state index in [4.69, 9.17) is 4.74 Å². The molecule has 0 aliphatic carbocycles. The molecule has 1 N–H and O–H groups in total. The third-order valence-electron chi connectivity index (χ3n) is 3.23. The van der Waals surface area contributed by atoms with Crippen molar-refractivity contribution < 1.29 is 4.74 Å². The molecule has 1 aromatic rings. The summed E-state index contributed by atoms with van der Waals surface area (Å²) in [5, 5.41) is 8.06. The van der Waals surface area contributed by atoms with Crippen LogP contribution in [0.4, 0.5) is 0 Å². The minimum Gasteiger partial charge on any atom is -0.385 e. The van der Waals surface area contributed by atoms with Gasteiger partial charge in [-0.25, -0.2) is 0 Å². The lowest BCUT2D eigenvalue weighted by Gasteiger charge is -2.06. The number of hydrogen-bond acceptors (Lipinski definition) is 3. The minimum absolute atomic E-state index is 0.797. The number of ether oxygens (including phenoxy) is 1. The zero-order valence-corrected chi connectivity index (χ0v) is 12.3. The molecule has 0 aromatic carbocycles. The van der Waals surface area contributed by atoms with E-state index in [1.165, 1.54) is 23.4 Å². The first kappa shape index (κ1) is 15.2. The summed E-state index contributed by atoms with van der Waals surface area (Å²) in [4.78, 5) is 0. The lowest BCUT2D eigenvalue weighted by atomic mass is 10.1. The van der Waals surface area contributed by atoms with Crippen LogP contribution in [0, 0.1) is 13.8 Å². The molecule has 4 heteroatoms. The van der Waals surface area contributed by atoms with Gasteiger partial charge in [-0.1, -0.05) is 6.92 Å². The summed E-state index contributed by atoms with van der Waals surface area (Å²) in [5.74, 6) is 0. The maximum atomic E-state index is 5.08. The van der Waals surface area contributed by atoms with Crippen molar-refractivity contribution in [2.24, 2.45) is 0 Å². The van der Waals surface area contributed by atoms with E-state index in [1.54, 1.807) is 7.11 Å². The van der Waals surface area contributed by atoms with Gasteiger partial charge in [0.15, 0.2) is 0 Å². The molecule has 1 aromatic heterocycles. The highest BCUT2D eigenvalue weighted by Gasteiger charge is 2.10. The van der Waals surface area contributed by atoms with Gasteiger partial charge in [0, 0.05) is 26.0 Å². The van der Waals surface area contributed by atoms with Crippen LogP contribution in [0.5, 0.6) is 0 Å². The predicted molar refractivity (Wildman–Crippen MR) is 75.1 cm³/mol. The molecule has 0 atom stereocenters. The van der Waals surface area contributed by atoms with Crippen molar-refractivity contribution in [2.45, 2.75) is 46.6 Å². The molecule has 4 nitrogen and oxygen atoms in total. The van der Waals surface area contributed by atoms with E-state index in [1.807, 2.05) is 0 Å². The van der Waals surface area contributed by atoms with Crippen LogP contribution in [0.2, 0.25) is 0 Å². The maximum Gasteiger partial charge on any atom is 0.0628 e. The first-order valence-corrected chi connectivity index (χ1v) is 6.93. The quantitative estimate of drug-likeness (QED) is 0.685. The van der Waals surface area contributed by atoms with E-state index in [2.05, 4.69) is 35.9 Å². The highest BCUT2D eigenvalue weighted by atomic mass is 16.5. The van der Waals surface area contributed by atoms with Crippen LogP contribution in [-0.2, 0) is 17.7 Å². The summed E-state index contributed by atoms with van der Waals surface area (Å²) in [6.45, 7) is 10.3. The zero-order chi connectivity index (χ0) is 13.4. The molecular weight excluding hydrogens is 226 g/mol. The standard InChI is InChI=1S/C14H27N3O/c1-5-8-15-9-7-14-12(2)16-17(13(14)3)10-6-11-18-4/h15H,5-11H2,1-4H3. The Morgan fingerprint density at radius 3 is 2.72 bits per heavy atom. The number of rotatable bonds is 9. The summed E-state index contributed by atoms with van der Waals surface area (Å²) in [6.07, 6.45) is 3.28. The van der Waals surface area contributed by atoms with E-state index < -0.39 is 0 Å². The highest BCUT2D eigenvalue weighted by molar-refractivity contribution is 5.24. The van der Waals surface area contributed by atoms with Gasteiger partial charge in [0.1, 0.15) is 0 Å². The molecule has 0 unspecified atom stereocenters. The highest BCUT2D eigenvalue weighted by Crippen LogP contribution is 2.13. The Labute approximate surface area is 111 Å². The smallest absolute Gasteiger partial charge is 0.0628 e. The molecule has 0 spiro atoms. The Bertz CT molecular complexity index is 347. The number of methoxy groups -OCH3 is 1. The number of aromatic nitrogens is 2. The van der Waals surface area contributed by atoms with Crippen molar-refractivity contribution in [1.82, 2.24) is 15.1 Å². The second-order valence-electron chi connectivity index (χ2n) is 4.72. The summed E-state index contributed by atoms with van der Waals surface area (Å²) in [6, 6.07) is 0. The first-order valence-electron chi connectivity index (χ1n) is 6.93. The molecule has 0 aliphatic rings. The van der Waals surface area contributed by atoms with E-state index in [0.717, 1.165) is 39.1 Å². The third-order valence-corrected chi connectivity index (χ3v) is 3.23. The summed E-state index contributed by atoms with van der Waals surface area (Å²) in [5.41, 5.74) is 3.88. The summed E-state index contributed by atoms with van der Waals surface area (Å²) in [7, 11) is 1.74. The largest absolute Gasteiger partial charge is 0.385 e. The molecule has 0 fully saturated rings. The number of nitrogens with one attached hydrogen (secondary N) is 1. The van der Waals surface area contributed by atoms with Gasteiger partial charge < -0.3 is 10.1 Å². The SMILES string of the molecule is CCCNCCc1c(C)nn(CCCOC)c1C. The fraction of sp³-hybridized carbons (Fsp3) is 0.786. The summed E-state index contributed by atoms with van der Waals surface area (Å²) < 4.78 is 7.20. The number of aryl methyl sites for hydroxylation is 2. The summed E-state index contributed by atoms with van der Waals surface area (Å²) >= 11 is 0. The van der Waals surface area contributed by atoms with E-state index in [0.29, 0.717) is 0 Å². The van der Waals surface area contributed by atoms with Gasteiger partial charge in [-0.2, -0.15) is 5.10 Å². The Hall–Kier alpha value is -0.870. The van der Waals surface area contributed by atoms with Crippen LogP contribution in [0.15, 0.2) is 0 Å². The lowest BCUT2D eigenvalue weighted by molar-refractivity contribution is 0.188. The molecule has 104 valence electrons. The molecule has 1 heterocycles. The Morgan fingerprint density at radius 1 is 1.28 bits per heavy atom. The number of hydrogen-bond donors (Lipinski definition) is 1. The Kier molecular flexibility index (Phi) is 6.98. The fourth-order valence-corrected chi connectivity index (χ4v) is 2.19. The van der Waals surface area contributed by atoms with Gasteiger partial charge in [0.05, 0.1) is 5.69 Å². The van der Waals surface area contributed by atoms with Gasteiger partial charge in [-0.3, -0.25) is 4.68 Å². The van der Waals surface area contributed by atoms with Crippen molar-refractivity contribution in [3.63, 3.8) is 0 Å². The Morgan fingerprint density at radius 2 is 2.06 bits per heavy atom. The van der Waals surface area contributed by atoms with Crippen LogP contribution < -0.4 is 5.32 Å². The first-order chi connectivity index (χ1) is 8.70. The predicted octanol–water partition coefficient (Wildman–Crippen LogP) is 2.08. The van der Waals surface area contributed by atoms with E-state index in [9.17, 15) is 0 Å². The topological polar surface area (TPSA) is 39.1 Å². The van der Waals surface area contributed by atoms with Crippen LogP contribution in [0.3, 0.4) is 0 Å². The van der Waals surface area contributed by atoms with Crippen LogP contribution >= 0.6 is 0 Å². The van der Waals surface area contributed by atoms with Crippen LogP contribution in [0.1, 0.15) is 36.7 Å². The normalized spacial score (nSPS) is 11.1. The fourth-order valence-electron chi connectivity index (χ4n) is 2.19. The van der Waals surface area contributed by atoms with Crippen molar-refractivity contribution in [1.29, 1.82) is 0 Å². The molecule has 1 rings (SSSR count). The molecule has 0 bridgehead atoms. The Balaban J connectivity index is 2.51. The molecule has 0 saturated heterocycles. The second-order valence-corrected chi connectivity index (χ2v) is 4.72. The second kappa shape index (κ2) is 8.27. The average molecular weight is 253 g/mol. The van der Waals surface area contributed by atoms with Gasteiger partial charge in [0.25, 0.3) is 0 Å². The van der Waals surface area contributed by atoms with Crippen molar-refractivity contribution in [2.75, 3.05) is 26.8 Å². The van der Waals surface area contributed by atoms with Gasteiger partial charge in [-0.15, -0.1) is 0 Å². The molecule has 0 aliphatic heterocycles. The molecule has 0 amide bonds. The zero-order valence-electron chi connectivity index (χ0n) is 12.3. The monoisotopic (exact) mass is 253 g/mol. The molecule has 0 saturated carbocycles. The minimum atomic E-state index is 0.797. The van der Waals surface area contributed by atoms with Gasteiger partial charge in [-0.05, 0) is 51.8 Å². The van der Waals surface area contributed by atoms with E-state index in [-0.39, 0.29) is 0 Å². The van der Waals surface area contributed by atoms with E-state index >= 15 is 0 Å². The van der Waals surface area contributed by atoms with Crippen LogP contribution in [-0.4, -0.2) is 36.6 Å². The molecular formula is C14H27N3O. The van der Waals surface area contributed by atoms with Crippen molar-refractivity contribution in [3.05, 3.63) is 17.0 Å². The van der Waals surface area contributed by atoms with Crippen molar-refractivity contribution >= 4 is 0 Å². The third kappa shape index (κ3) is 4.42. The molecule has 0 radical (unpaired) electrons.